The van der Waals surface area contributed by atoms with Crippen LogP contribution >= 0.6 is 0 Å². The Morgan fingerprint density at radius 3 is 2.56 bits per heavy atom. The Kier molecular flexibility index (Phi) is 6.80. The fourth-order valence-corrected chi connectivity index (χ4v) is 4.54. The van der Waals surface area contributed by atoms with E-state index >= 15 is 0 Å². The van der Waals surface area contributed by atoms with Crippen molar-refractivity contribution in [1.29, 1.82) is 0 Å². The van der Waals surface area contributed by atoms with E-state index in [0.717, 1.165) is 31.2 Å². The van der Waals surface area contributed by atoms with Crippen molar-refractivity contribution < 1.29 is 24.2 Å². The summed E-state index contributed by atoms with van der Waals surface area (Å²) in [5, 5.41) is 12.6. The number of benzene rings is 2. The number of carboxylic acid groups (broad SMARTS) is 1. The first-order valence-electron chi connectivity index (χ1n) is 11.4. The summed E-state index contributed by atoms with van der Waals surface area (Å²) in [6, 6.07) is 13.7. The van der Waals surface area contributed by atoms with Crippen molar-refractivity contribution in [2.75, 3.05) is 19.8 Å². The van der Waals surface area contributed by atoms with E-state index in [9.17, 15) is 14.7 Å². The Morgan fingerprint density at radius 2 is 1.91 bits per heavy atom. The van der Waals surface area contributed by atoms with Gasteiger partial charge in [-0.05, 0) is 37.5 Å². The second-order valence-corrected chi connectivity index (χ2v) is 8.98. The molecule has 0 bridgehead atoms. The third-order valence-corrected chi connectivity index (χ3v) is 6.55. The Labute approximate surface area is 188 Å². The predicted octanol–water partition coefficient (Wildman–Crippen LogP) is 4.25. The standard InChI is InChI=1S/C26H31NO5/c1-18-6-5-7-19(14-18)10-13-32-23-15-20(8-9-22(23)21-16-31-17-21)24(28)27-26(25(29)30)11-3-2-4-12-26/h5-9,14-15,21H,2-4,10-13,16-17H2,1H3,(H,27,28)(H,29,30). The minimum atomic E-state index is -1.18. The van der Waals surface area contributed by atoms with Crippen LogP contribution < -0.4 is 10.1 Å². The number of hydrogen-bond donors (Lipinski definition) is 2. The summed E-state index contributed by atoms with van der Waals surface area (Å²) in [6.45, 7) is 3.84. The van der Waals surface area contributed by atoms with Crippen LogP contribution in [0.1, 0.15) is 65.1 Å². The van der Waals surface area contributed by atoms with Crippen LogP contribution in [-0.2, 0) is 16.0 Å². The van der Waals surface area contributed by atoms with Gasteiger partial charge in [0.2, 0.25) is 0 Å². The minimum Gasteiger partial charge on any atom is -0.493 e. The fourth-order valence-electron chi connectivity index (χ4n) is 4.54. The summed E-state index contributed by atoms with van der Waals surface area (Å²) in [5.74, 6) is -0.394. The average Bonchev–Trinajstić information content (AvgIpc) is 2.74. The number of nitrogens with one attached hydrogen (secondary N) is 1. The number of carbonyl (C=O) groups excluding carboxylic acids is 1. The highest BCUT2D eigenvalue weighted by molar-refractivity contribution is 5.98. The molecule has 1 saturated heterocycles. The van der Waals surface area contributed by atoms with Crippen LogP contribution in [0.25, 0.3) is 0 Å². The molecule has 1 heterocycles. The first-order valence-corrected chi connectivity index (χ1v) is 11.4. The molecule has 0 spiro atoms. The van der Waals surface area contributed by atoms with Crippen LogP contribution in [0.15, 0.2) is 42.5 Å². The van der Waals surface area contributed by atoms with Crippen molar-refractivity contribution in [1.82, 2.24) is 5.32 Å². The molecule has 2 aromatic carbocycles. The molecule has 0 aromatic heterocycles. The van der Waals surface area contributed by atoms with Crippen LogP contribution in [0.3, 0.4) is 0 Å². The predicted molar refractivity (Wildman–Crippen MR) is 121 cm³/mol. The van der Waals surface area contributed by atoms with E-state index in [1.165, 1.54) is 11.1 Å². The number of amides is 1. The Hall–Kier alpha value is -2.86. The van der Waals surface area contributed by atoms with Crippen LogP contribution in [0.4, 0.5) is 0 Å². The largest absolute Gasteiger partial charge is 0.493 e. The average molecular weight is 438 g/mol. The van der Waals surface area contributed by atoms with Gasteiger partial charge in [-0.1, -0.05) is 55.2 Å². The Morgan fingerprint density at radius 1 is 1.12 bits per heavy atom. The van der Waals surface area contributed by atoms with E-state index < -0.39 is 11.5 Å². The van der Waals surface area contributed by atoms with Gasteiger partial charge < -0.3 is 19.9 Å². The van der Waals surface area contributed by atoms with Gasteiger partial charge in [0.25, 0.3) is 5.91 Å². The van der Waals surface area contributed by atoms with Gasteiger partial charge in [-0.2, -0.15) is 0 Å². The third kappa shape index (κ3) is 4.96. The van der Waals surface area contributed by atoms with Crippen LogP contribution in [0.5, 0.6) is 5.75 Å². The first kappa shape index (κ1) is 22.3. The number of aryl methyl sites for hydroxylation is 1. The molecular formula is C26H31NO5. The monoisotopic (exact) mass is 437 g/mol. The van der Waals surface area contributed by atoms with Gasteiger partial charge in [-0.3, -0.25) is 4.79 Å². The van der Waals surface area contributed by atoms with Crippen molar-refractivity contribution >= 4 is 11.9 Å². The quantitative estimate of drug-likeness (QED) is 0.645. The molecule has 6 nitrogen and oxygen atoms in total. The van der Waals surface area contributed by atoms with Crippen LogP contribution in [0, 0.1) is 6.92 Å². The summed E-state index contributed by atoms with van der Waals surface area (Å²) in [5.41, 5.74) is 2.69. The molecule has 1 saturated carbocycles. The summed E-state index contributed by atoms with van der Waals surface area (Å²) in [4.78, 5) is 25.0. The number of rotatable bonds is 8. The lowest BCUT2D eigenvalue weighted by molar-refractivity contribution is -0.145. The van der Waals surface area contributed by atoms with Gasteiger partial charge in [0, 0.05) is 23.5 Å². The van der Waals surface area contributed by atoms with E-state index in [2.05, 4.69) is 30.4 Å². The van der Waals surface area contributed by atoms with Crippen molar-refractivity contribution in [3.8, 4) is 5.75 Å². The lowest BCUT2D eigenvalue weighted by Crippen LogP contribution is -2.55. The normalized spacial score (nSPS) is 17.9. The molecule has 1 aliphatic heterocycles. The number of carboxylic acids is 1. The van der Waals surface area contributed by atoms with Crippen molar-refractivity contribution in [3.63, 3.8) is 0 Å². The van der Waals surface area contributed by atoms with Gasteiger partial charge in [0.15, 0.2) is 0 Å². The molecule has 2 fully saturated rings. The van der Waals surface area contributed by atoms with Gasteiger partial charge in [0.05, 0.1) is 19.8 Å². The smallest absolute Gasteiger partial charge is 0.329 e. The van der Waals surface area contributed by atoms with Crippen molar-refractivity contribution in [2.24, 2.45) is 0 Å². The SMILES string of the molecule is Cc1cccc(CCOc2cc(C(=O)NC3(C(=O)O)CCCCC3)ccc2C2COC2)c1. The minimum absolute atomic E-state index is 0.254. The van der Waals surface area contributed by atoms with E-state index in [0.29, 0.717) is 44.0 Å². The van der Waals surface area contributed by atoms with E-state index in [1.54, 1.807) is 12.1 Å². The highest BCUT2D eigenvalue weighted by Crippen LogP contribution is 2.34. The van der Waals surface area contributed by atoms with Crippen molar-refractivity contribution in [2.45, 2.75) is 56.9 Å². The number of ether oxygens (including phenoxy) is 2. The molecule has 32 heavy (non-hydrogen) atoms. The molecule has 2 aliphatic rings. The summed E-state index contributed by atoms with van der Waals surface area (Å²) in [7, 11) is 0. The number of aliphatic carboxylic acids is 1. The molecule has 0 unspecified atom stereocenters. The molecule has 6 heteroatoms. The molecule has 4 rings (SSSR count). The highest BCUT2D eigenvalue weighted by atomic mass is 16.5. The Bertz CT molecular complexity index is 976. The number of carbonyl (C=O) groups is 2. The van der Waals surface area contributed by atoms with Gasteiger partial charge in [0.1, 0.15) is 11.3 Å². The zero-order valence-electron chi connectivity index (χ0n) is 18.6. The van der Waals surface area contributed by atoms with Gasteiger partial charge in [-0.15, -0.1) is 0 Å². The van der Waals surface area contributed by atoms with Crippen molar-refractivity contribution in [3.05, 3.63) is 64.7 Å². The zero-order valence-corrected chi connectivity index (χ0v) is 18.6. The fraction of sp³-hybridized carbons (Fsp3) is 0.462. The van der Waals surface area contributed by atoms with Crippen LogP contribution in [0.2, 0.25) is 0 Å². The lowest BCUT2D eigenvalue weighted by Gasteiger charge is -2.34. The molecule has 0 radical (unpaired) electrons. The molecule has 170 valence electrons. The molecule has 2 aromatic rings. The summed E-state index contributed by atoms with van der Waals surface area (Å²) in [6.07, 6.45) is 4.31. The second kappa shape index (κ2) is 9.74. The van der Waals surface area contributed by atoms with Crippen LogP contribution in [-0.4, -0.2) is 42.3 Å². The topological polar surface area (TPSA) is 84.9 Å². The number of hydrogen-bond acceptors (Lipinski definition) is 4. The summed E-state index contributed by atoms with van der Waals surface area (Å²) >= 11 is 0. The summed E-state index contributed by atoms with van der Waals surface area (Å²) < 4.78 is 11.5. The maximum atomic E-state index is 13.0. The van der Waals surface area contributed by atoms with E-state index in [-0.39, 0.29) is 11.8 Å². The van der Waals surface area contributed by atoms with Gasteiger partial charge >= 0.3 is 5.97 Å². The molecule has 1 amide bonds. The second-order valence-electron chi connectivity index (χ2n) is 8.98. The molecule has 1 aliphatic carbocycles. The maximum Gasteiger partial charge on any atom is 0.329 e. The van der Waals surface area contributed by atoms with E-state index in [4.69, 9.17) is 9.47 Å². The molecule has 2 N–H and O–H groups in total. The lowest BCUT2D eigenvalue weighted by atomic mass is 9.81. The molecule has 0 atom stereocenters. The van der Waals surface area contributed by atoms with Gasteiger partial charge in [-0.25, -0.2) is 4.79 Å². The first-order chi connectivity index (χ1) is 15.5. The van der Waals surface area contributed by atoms with E-state index in [1.807, 2.05) is 12.1 Å². The highest BCUT2D eigenvalue weighted by Gasteiger charge is 2.41. The third-order valence-electron chi connectivity index (χ3n) is 6.55. The zero-order chi connectivity index (χ0) is 22.6. The molecular weight excluding hydrogens is 406 g/mol. The Balaban J connectivity index is 1.50. The maximum absolute atomic E-state index is 13.0.